The predicted molar refractivity (Wildman–Crippen MR) is 77.2 cm³/mol. The highest BCUT2D eigenvalue weighted by atomic mass is 79.9. The van der Waals surface area contributed by atoms with Gasteiger partial charge in [-0.2, -0.15) is 5.10 Å². The van der Waals surface area contributed by atoms with Gasteiger partial charge in [-0.15, -0.1) is 11.3 Å². The van der Waals surface area contributed by atoms with Gasteiger partial charge < -0.3 is 9.73 Å². The molecule has 7 heteroatoms. The molecule has 0 radical (unpaired) electrons. The van der Waals surface area contributed by atoms with Crippen LogP contribution in [-0.2, 0) is 13.1 Å². The van der Waals surface area contributed by atoms with Crippen LogP contribution >= 0.6 is 27.3 Å². The fraction of sp³-hybridized carbons (Fsp3) is 0.167. The van der Waals surface area contributed by atoms with Crippen LogP contribution in [0, 0.1) is 0 Å². The first-order valence-corrected chi connectivity index (χ1v) is 7.28. The molecule has 3 rings (SSSR count). The van der Waals surface area contributed by atoms with Gasteiger partial charge in [-0.1, -0.05) is 0 Å². The molecule has 0 aliphatic rings. The SMILES string of the molecule is Brc1cnn(Cc2cnc(NCc3ccoc3)s2)c1. The standard InChI is InChI=1S/C12H11BrN4OS/c13-10-4-16-17(6-10)7-11-5-15-12(19-11)14-3-9-1-2-18-8-9/h1-2,4-6,8H,3,7H2,(H,14,15). The van der Waals surface area contributed by atoms with Crippen LogP contribution in [0.25, 0.3) is 0 Å². The molecular formula is C12H11BrN4OS. The van der Waals surface area contributed by atoms with E-state index >= 15 is 0 Å². The molecule has 19 heavy (non-hydrogen) atoms. The Morgan fingerprint density at radius 3 is 3.11 bits per heavy atom. The minimum absolute atomic E-state index is 0.719. The van der Waals surface area contributed by atoms with Gasteiger partial charge in [0.2, 0.25) is 0 Å². The highest BCUT2D eigenvalue weighted by Crippen LogP contribution is 2.20. The number of furan rings is 1. The summed E-state index contributed by atoms with van der Waals surface area (Å²) in [7, 11) is 0. The van der Waals surface area contributed by atoms with E-state index in [0.29, 0.717) is 0 Å². The van der Waals surface area contributed by atoms with Crippen molar-refractivity contribution in [1.82, 2.24) is 14.8 Å². The van der Waals surface area contributed by atoms with Gasteiger partial charge in [-0.05, 0) is 22.0 Å². The summed E-state index contributed by atoms with van der Waals surface area (Å²) in [6.45, 7) is 1.45. The molecule has 0 unspecified atom stereocenters. The Balaban J connectivity index is 1.60. The summed E-state index contributed by atoms with van der Waals surface area (Å²) in [5.74, 6) is 0. The lowest BCUT2D eigenvalue weighted by Crippen LogP contribution is -1.97. The van der Waals surface area contributed by atoms with E-state index in [9.17, 15) is 0 Å². The molecule has 0 aliphatic heterocycles. The maximum absolute atomic E-state index is 5.02. The summed E-state index contributed by atoms with van der Waals surface area (Å²) < 4.78 is 7.87. The average Bonchev–Trinajstić information content (AvgIpc) is 3.10. The van der Waals surface area contributed by atoms with Gasteiger partial charge in [0.1, 0.15) is 0 Å². The van der Waals surface area contributed by atoms with Crippen LogP contribution in [0.5, 0.6) is 0 Å². The topological polar surface area (TPSA) is 55.9 Å². The highest BCUT2D eigenvalue weighted by Gasteiger charge is 2.04. The van der Waals surface area contributed by atoms with Crippen LogP contribution in [-0.4, -0.2) is 14.8 Å². The highest BCUT2D eigenvalue weighted by molar-refractivity contribution is 9.10. The molecule has 0 bridgehead atoms. The Kier molecular flexibility index (Phi) is 3.65. The van der Waals surface area contributed by atoms with Crippen molar-refractivity contribution in [3.63, 3.8) is 0 Å². The summed E-state index contributed by atoms with van der Waals surface area (Å²) in [5, 5.41) is 8.39. The molecule has 0 atom stereocenters. The monoisotopic (exact) mass is 338 g/mol. The third-order valence-corrected chi connectivity index (χ3v) is 3.85. The lowest BCUT2D eigenvalue weighted by molar-refractivity contribution is 0.564. The molecule has 0 spiro atoms. The zero-order valence-corrected chi connectivity index (χ0v) is 12.3. The number of anilines is 1. The second kappa shape index (κ2) is 5.58. The van der Waals surface area contributed by atoms with Crippen LogP contribution in [0.4, 0.5) is 5.13 Å². The Morgan fingerprint density at radius 2 is 2.37 bits per heavy atom. The van der Waals surface area contributed by atoms with Crippen LogP contribution < -0.4 is 5.32 Å². The van der Waals surface area contributed by atoms with E-state index in [-0.39, 0.29) is 0 Å². The predicted octanol–water partition coefficient (Wildman–Crippen LogP) is 3.36. The average molecular weight is 339 g/mol. The molecule has 3 aromatic rings. The second-order valence-electron chi connectivity index (χ2n) is 3.97. The Bertz CT molecular complexity index is 646. The van der Waals surface area contributed by atoms with Crippen molar-refractivity contribution in [3.05, 3.63) is 52.1 Å². The van der Waals surface area contributed by atoms with Crippen LogP contribution in [0.3, 0.4) is 0 Å². The van der Waals surface area contributed by atoms with Crippen molar-refractivity contribution in [3.8, 4) is 0 Å². The normalized spacial score (nSPS) is 10.8. The van der Waals surface area contributed by atoms with Gasteiger partial charge in [-0.25, -0.2) is 4.98 Å². The number of aromatic nitrogens is 3. The summed E-state index contributed by atoms with van der Waals surface area (Å²) in [4.78, 5) is 5.50. The third kappa shape index (κ3) is 3.24. The van der Waals surface area contributed by atoms with Crippen LogP contribution in [0.1, 0.15) is 10.4 Å². The van der Waals surface area contributed by atoms with E-state index in [4.69, 9.17) is 4.42 Å². The van der Waals surface area contributed by atoms with Crippen molar-refractivity contribution < 1.29 is 4.42 Å². The van der Waals surface area contributed by atoms with E-state index in [1.165, 1.54) is 0 Å². The molecule has 1 N–H and O–H groups in total. The molecule has 0 saturated carbocycles. The molecule has 3 heterocycles. The molecule has 3 aromatic heterocycles. The molecule has 98 valence electrons. The number of nitrogens with one attached hydrogen (secondary N) is 1. The number of rotatable bonds is 5. The van der Waals surface area contributed by atoms with Gasteiger partial charge in [-0.3, -0.25) is 4.68 Å². The van der Waals surface area contributed by atoms with Gasteiger partial charge in [0.15, 0.2) is 5.13 Å². The van der Waals surface area contributed by atoms with Crippen molar-refractivity contribution in [2.75, 3.05) is 5.32 Å². The Hall–Kier alpha value is -1.60. The van der Waals surface area contributed by atoms with Gasteiger partial charge in [0.05, 0.1) is 29.7 Å². The Labute approximate surface area is 122 Å². The largest absolute Gasteiger partial charge is 0.472 e. The number of hydrogen-bond acceptors (Lipinski definition) is 5. The zero-order chi connectivity index (χ0) is 13.1. The van der Waals surface area contributed by atoms with Crippen LogP contribution in [0.15, 0.2) is 46.1 Å². The lowest BCUT2D eigenvalue weighted by Gasteiger charge is -1.98. The Morgan fingerprint density at radius 1 is 1.42 bits per heavy atom. The zero-order valence-electron chi connectivity index (χ0n) is 9.91. The van der Waals surface area contributed by atoms with Crippen molar-refractivity contribution >= 4 is 32.4 Å². The summed E-state index contributed by atoms with van der Waals surface area (Å²) in [6.07, 6.45) is 8.98. The first-order valence-electron chi connectivity index (χ1n) is 5.67. The summed E-state index contributed by atoms with van der Waals surface area (Å²) in [5.41, 5.74) is 1.10. The van der Waals surface area contributed by atoms with Crippen molar-refractivity contribution in [1.29, 1.82) is 0 Å². The minimum Gasteiger partial charge on any atom is -0.472 e. The first-order chi connectivity index (χ1) is 9.29. The quantitative estimate of drug-likeness (QED) is 0.774. The van der Waals surface area contributed by atoms with E-state index in [2.05, 4.69) is 31.3 Å². The first kappa shape index (κ1) is 12.4. The number of halogens is 1. The van der Waals surface area contributed by atoms with Crippen molar-refractivity contribution in [2.45, 2.75) is 13.1 Å². The van der Waals surface area contributed by atoms with Crippen molar-refractivity contribution in [2.24, 2.45) is 0 Å². The third-order valence-electron chi connectivity index (χ3n) is 2.50. The van der Waals surface area contributed by atoms with E-state index in [0.717, 1.165) is 33.1 Å². The van der Waals surface area contributed by atoms with Gasteiger partial charge in [0.25, 0.3) is 0 Å². The molecule has 0 aliphatic carbocycles. The maximum atomic E-state index is 5.02. The second-order valence-corrected chi connectivity index (χ2v) is 6.00. The van der Waals surface area contributed by atoms with Crippen LogP contribution in [0.2, 0.25) is 0 Å². The lowest BCUT2D eigenvalue weighted by atomic mass is 10.3. The number of hydrogen-bond donors (Lipinski definition) is 1. The minimum atomic E-state index is 0.719. The summed E-state index contributed by atoms with van der Waals surface area (Å²) in [6, 6.07) is 1.93. The van der Waals surface area contributed by atoms with E-state index < -0.39 is 0 Å². The summed E-state index contributed by atoms with van der Waals surface area (Å²) >= 11 is 5.01. The molecule has 0 fully saturated rings. The molecular weight excluding hydrogens is 328 g/mol. The molecule has 0 aromatic carbocycles. The smallest absolute Gasteiger partial charge is 0.183 e. The number of nitrogens with zero attached hydrogens (tertiary/aromatic N) is 3. The molecule has 0 saturated heterocycles. The van der Waals surface area contributed by atoms with Gasteiger partial charge in [0, 0.05) is 29.4 Å². The molecule has 0 amide bonds. The molecule has 5 nitrogen and oxygen atoms in total. The fourth-order valence-corrected chi connectivity index (χ4v) is 2.75. The van der Waals surface area contributed by atoms with Gasteiger partial charge >= 0.3 is 0 Å². The maximum Gasteiger partial charge on any atom is 0.183 e. The fourth-order valence-electron chi connectivity index (χ4n) is 1.62. The van der Waals surface area contributed by atoms with E-state index in [1.54, 1.807) is 30.1 Å². The van der Waals surface area contributed by atoms with E-state index in [1.807, 2.05) is 23.1 Å². The number of thiazole rings is 1.